The maximum atomic E-state index is 12.6. The van der Waals surface area contributed by atoms with E-state index < -0.39 is 0 Å². The van der Waals surface area contributed by atoms with Gasteiger partial charge in [0.2, 0.25) is 5.76 Å². The maximum absolute atomic E-state index is 12.6. The number of aryl methyl sites for hydroxylation is 2. The third-order valence-electron chi connectivity index (χ3n) is 3.79. The lowest BCUT2D eigenvalue weighted by Gasteiger charge is -2.34. The summed E-state index contributed by atoms with van der Waals surface area (Å²) in [6.07, 6.45) is 2.50. The van der Waals surface area contributed by atoms with Crippen molar-refractivity contribution in [1.82, 2.24) is 19.6 Å². The summed E-state index contributed by atoms with van der Waals surface area (Å²) in [4.78, 5) is 18.7. The Morgan fingerprint density at radius 1 is 1.57 bits per heavy atom. The largest absolute Gasteiger partial charge is 0.383 e. The third-order valence-corrected chi connectivity index (χ3v) is 3.79. The molecule has 0 aliphatic carbocycles. The average Bonchev–Trinajstić information content (AvgIpc) is 3.05. The molecule has 2 aromatic rings. The lowest BCUT2D eigenvalue weighted by Crippen LogP contribution is -2.47. The Morgan fingerprint density at radius 2 is 2.38 bits per heavy atom. The fourth-order valence-corrected chi connectivity index (χ4v) is 2.71. The summed E-state index contributed by atoms with van der Waals surface area (Å²) in [6, 6.07) is 1.62. The highest BCUT2D eigenvalue weighted by Gasteiger charge is 2.34. The van der Waals surface area contributed by atoms with Crippen molar-refractivity contribution >= 4 is 5.91 Å². The molecular weight excluding hydrogens is 272 g/mol. The van der Waals surface area contributed by atoms with Crippen LogP contribution in [0.15, 0.2) is 16.9 Å². The summed E-state index contributed by atoms with van der Waals surface area (Å²) in [5.74, 6) is 0.0851. The van der Waals surface area contributed by atoms with Crippen molar-refractivity contribution in [3.05, 3.63) is 35.2 Å². The van der Waals surface area contributed by atoms with E-state index in [2.05, 4.69) is 10.1 Å². The minimum atomic E-state index is -0.172. The van der Waals surface area contributed by atoms with Crippen molar-refractivity contribution in [3.8, 4) is 0 Å². The number of hydrogen-bond donors (Lipinski definition) is 0. The highest BCUT2D eigenvalue weighted by molar-refractivity contribution is 5.91. The number of amides is 1. The quantitative estimate of drug-likeness (QED) is 0.840. The smallest absolute Gasteiger partial charge is 0.293 e. The Balaban J connectivity index is 1.90. The van der Waals surface area contributed by atoms with Crippen LogP contribution >= 0.6 is 0 Å². The van der Waals surface area contributed by atoms with Crippen LogP contribution < -0.4 is 0 Å². The molecule has 0 spiro atoms. The Bertz CT molecular complexity index is 661. The maximum Gasteiger partial charge on any atom is 0.293 e. The van der Waals surface area contributed by atoms with Crippen LogP contribution in [0, 0.1) is 6.92 Å². The molecule has 0 saturated heterocycles. The van der Waals surface area contributed by atoms with Crippen molar-refractivity contribution in [2.45, 2.75) is 25.9 Å². The molecule has 1 aliphatic heterocycles. The number of fused-ring (bicyclic) bond motifs is 1. The molecule has 0 radical (unpaired) electrons. The molecule has 3 rings (SSSR count). The van der Waals surface area contributed by atoms with Crippen LogP contribution in [0.4, 0.5) is 0 Å². The predicted octanol–water partition coefficient (Wildman–Crippen LogP) is 0.930. The molecule has 0 unspecified atom stereocenters. The molecule has 3 heterocycles. The molecule has 112 valence electrons. The molecule has 1 atom stereocenters. The van der Waals surface area contributed by atoms with Gasteiger partial charge in [0.25, 0.3) is 5.91 Å². The van der Waals surface area contributed by atoms with E-state index in [-0.39, 0.29) is 17.7 Å². The number of carbonyl (C=O) groups is 1. The molecule has 7 nitrogen and oxygen atoms in total. The van der Waals surface area contributed by atoms with Gasteiger partial charge in [-0.2, -0.15) is 0 Å². The lowest BCUT2D eigenvalue weighted by molar-refractivity contribution is 0.0432. The molecule has 2 aromatic heterocycles. The van der Waals surface area contributed by atoms with Crippen molar-refractivity contribution in [2.24, 2.45) is 7.05 Å². The van der Waals surface area contributed by atoms with Crippen molar-refractivity contribution in [2.75, 3.05) is 13.7 Å². The molecule has 0 aromatic carbocycles. The molecule has 1 amide bonds. The van der Waals surface area contributed by atoms with Crippen LogP contribution in [0.2, 0.25) is 0 Å². The summed E-state index contributed by atoms with van der Waals surface area (Å²) in [7, 11) is 3.60. The van der Waals surface area contributed by atoms with E-state index in [1.54, 1.807) is 31.3 Å². The number of imidazole rings is 1. The van der Waals surface area contributed by atoms with E-state index in [1.165, 1.54) is 0 Å². The number of nitrogens with zero attached hydrogens (tertiary/aromatic N) is 4. The van der Waals surface area contributed by atoms with Gasteiger partial charge in [-0.15, -0.1) is 0 Å². The fourth-order valence-electron chi connectivity index (χ4n) is 2.71. The zero-order valence-electron chi connectivity index (χ0n) is 12.4. The van der Waals surface area contributed by atoms with Crippen LogP contribution in [0.5, 0.6) is 0 Å². The Labute approximate surface area is 122 Å². The second kappa shape index (κ2) is 5.33. The van der Waals surface area contributed by atoms with E-state index in [4.69, 9.17) is 9.26 Å². The Kier molecular flexibility index (Phi) is 3.50. The summed E-state index contributed by atoms with van der Waals surface area (Å²) in [6.45, 7) is 2.73. The van der Waals surface area contributed by atoms with Crippen molar-refractivity contribution in [3.63, 3.8) is 0 Å². The number of ether oxygens (including phenoxy) is 1. The molecule has 1 aliphatic rings. The standard InChI is InChI=1S/C14H18N4O3/c1-9-4-13(21-16-9)14(19)18-6-11-12(17(2)8-15-11)5-10(18)7-20-3/h4,8,10H,5-7H2,1-3H3/t10-/m1/s1. The average molecular weight is 290 g/mol. The van der Waals surface area contributed by atoms with Gasteiger partial charge in [0.05, 0.1) is 36.9 Å². The molecule has 0 N–H and O–H groups in total. The minimum absolute atomic E-state index is 0.0317. The first-order valence-electron chi connectivity index (χ1n) is 6.82. The first kappa shape index (κ1) is 13.8. The summed E-state index contributed by atoms with van der Waals surface area (Å²) < 4.78 is 12.4. The molecule has 7 heteroatoms. The van der Waals surface area contributed by atoms with Crippen LogP contribution in [0.25, 0.3) is 0 Å². The van der Waals surface area contributed by atoms with Gasteiger partial charge in [-0.1, -0.05) is 5.16 Å². The Hall–Kier alpha value is -2.15. The van der Waals surface area contributed by atoms with Gasteiger partial charge in [-0.3, -0.25) is 4.79 Å². The van der Waals surface area contributed by atoms with Crippen molar-refractivity contribution in [1.29, 1.82) is 0 Å². The van der Waals surface area contributed by atoms with E-state index in [0.717, 1.165) is 17.8 Å². The van der Waals surface area contributed by atoms with Gasteiger partial charge in [0, 0.05) is 32.3 Å². The first-order valence-corrected chi connectivity index (χ1v) is 6.82. The van der Waals surface area contributed by atoms with Gasteiger partial charge in [0.15, 0.2) is 0 Å². The summed E-state index contributed by atoms with van der Waals surface area (Å²) >= 11 is 0. The highest BCUT2D eigenvalue weighted by atomic mass is 16.5. The van der Waals surface area contributed by atoms with Crippen molar-refractivity contribution < 1.29 is 14.1 Å². The van der Waals surface area contributed by atoms with Gasteiger partial charge >= 0.3 is 0 Å². The minimum Gasteiger partial charge on any atom is -0.383 e. The molecule has 0 bridgehead atoms. The first-order chi connectivity index (χ1) is 10.1. The Morgan fingerprint density at radius 3 is 3.05 bits per heavy atom. The topological polar surface area (TPSA) is 73.4 Å². The van der Waals surface area contributed by atoms with E-state index >= 15 is 0 Å². The van der Waals surface area contributed by atoms with E-state index in [9.17, 15) is 4.79 Å². The van der Waals surface area contributed by atoms with Gasteiger partial charge in [-0.05, 0) is 6.92 Å². The van der Waals surface area contributed by atoms with E-state index in [1.807, 2.05) is 11.6 Å². The number of carbonyl (C=O) groups excluding carboxylic acids is 1. The number of hydrogen-bond acceptors (Lipinski definition) is 5. The van der Waals surface area contributed by atoms with Crippen LogP contribution in [0.1, 0.15) is 27.6 Å². The molecule has 21 heavy (non-hydrogen) atoms. The van der Waals surface area contributed by atoms with Crippen LogP contribution in [-0.4, -0.2) is 45.3 Å². The number of aromatic nitrogens is 3. The zero-order valence-corrected chi connectivity index (χ0v) is 12.4. The molecular formula is C14H18N4O3. The van der Waals surface area contributed by atoms with Gasteiger partial charge in [0.1, 0.15) is 0 Å². The van der Waals surface area contributed by atoms with Gasteiger partial charge in [-0.25, -0.2) is 4.98 Å². The summed E-state index contributed by atoms with van der Waals surface area (Å²) in [5, 5.41) is 3.78. The molecule has 0 fully saturated rings. The second-order valence-electron chi connectivity index (χ2n) is 5.33. The SMILES string of the molecule is COC[C@H]1Cc2c(ncn2C)CN1C(=O)c1cc(C)no1. The van der Waals surface area contributed by atoms with Crippen LogP contribution in [-0.2, 0) is 24.8 Å². The fraction of sp³-hybridized carbons (Fsp3) is 0.500. The lowest BCUT2D eigenvalue weighted by atomic mass is 10.0. The third kappa shape index (κ3) is 2.44. The highest BCUT2D eigenvalue weighted by Crippen LogP contribution is 2.24. The van der Waals surface area contributed by atoms with E-state index in [0.29, 0.717) is 18.8 Å². The summed E-state index contributed by atoms with van der Waals surface area (Å²) in [5.41, 5.74) is 2.77. The predicted molar refractivity (Wildman–Crippen MR) is 73.7 cm³/mol. The normalized spacial score (nSPS) is 17.9. The monoisotopic (exact) mass is 290 g/mol. The number of rotatable bonds is 3. The van der Waals surface area contributed by atoms with Gasteiger partial charge < -0.3 is 18.7 Å². The molecule has 0 saturated carbocycles. The second-order valence-corrected chi connectivity index (χ2v) is 5.33. The number of methoxy groups -OCH3 is 1. The van der Waals surface area contributed by atoms with Crippen LogP contribution in [0.3, 0.4) is 0 Å². The zero-order chi connectivity index (χ0) is 15.0.